The highest BCUT2D eigenvalue weighted by atomic mass is 32.2. The van der Waals surface area contributed by atoms with Gasteiger partial charge in [0.15, 0.2) is 0 Å². The summed E-state index contributed by atoms with van der Waals surface area (Å²) < 4.78 is 40.1. The Kier molecular flexibility index (Phi) is 4.96. The van der Waals surface area contributed by atoms with E-state index in [2.05, 4.69) is 10.4 Å². The standard InChI is InChI=1S/C19H23FN4O3S/c1-28(26,27)24-17-6-7-18(24)9-16(8-17)22-19(25)12-23-11-14(10-21-23)13-2-4-15(20)5-3-13/h2-5,10-11,16-18H,6-9,12H2,1H3,(H,22,25)/t17-,18-/m0/s1. The molecule has 2 aliphatic heterocycles. The Morgan fingerprint density at radius 1 is 1.18 bits per heavy atom. The van der Waals surface area contributed by atoms with Gasteiger partial charge in [-0.15, -0.1) is 0 Å². The summed E-state index contributed by atoms with van der Waals surface area (Å²) in [6.07, 6.45) is 7.65. The molecule has 2 saturated heterocycles. The van der Waals surface area contributed by atoms with Crippen LogP contribution in [0.5, 0.6) is 0 Å². The smallest absolute Gasteiger partial charge is 0.241 e. The van der Waals surface area contributed by atoms with Gasteiger partial charge in [-0.1, -0.05) is 12.1 Å². The van der Waals surface area contributed by atoms with Crippen molar-refractivity contribution in [1.29, 1.82) is 0 Å². The molecule has 0 unspecified atom stereocenters. The van der Waals surface area contributed by atoms with E-state index in [0.717, 1.165) is 24.0 Å². The van der Waals surface area contributed by atoms with Crippen molar-refractivity contribution in [2.24, 2.45) is 0 Å². The van der Waals surface area contributed by atoms with Crippen LogP contribution in [-0.4, -0.2) is 52.8 Å². The molecule has 1 aromatic carbocycles. The van der Waals surface area contributed by atoms with Gasteiger partial charge in [-0.3, -0.25) is 9.48 Å². The molecule has 0 spiro atoms. The molecular weight excluding hydrogens is 383 g/mol. The van der Waals surface area contributed by atoms with Gasteiger partial charge < -0.3 is 5.32 Å². The fourth-order valence-electron chi connectivity index (χ4n) is 4.46. The van der Waals surface area contributed by atoms with Crippen molar-refractivity contribution in [3.63, 3.8) is 0 Å². The van der Waals surface area contributed by atoms with Crippen LogP contribution in [0.4, 0.5) is 4.39 Å². The third-order valence-electron chi connectivity index (χ3n) is 5.53. The average Bonchev–Trinajstić information content (AvgIpc) is 3.18. The molecule has 2 fully saturated rings. The van der Waals surface area contributed by atoms with Gasteiger partial charge in [0.05, 0.1) is 12.5 Å². The van der Waals surface area contributed by atoms with E-state index in [4.69, 9.17) is 0 Å². The van der Waals surface area contributed by atoms with Gasteiger partial charge in [0, 0.05) is 29.9 Å². The van der Waals surface area contributed by atoms with E-state index in [1.165, 1.54) is 18.4 Å². The van der Waals surface area contributed by atoms with Crippen LogP contribution in [-0.2, 0) is 21.4 Å². The zero-order valence-corrected chi connectivity index (χ0v) is 16.4. The second-order valence-corrected chi connectivity index (χ2v) is 9.53. The number of sulfonamides is 1. The van der Waals surface area contributed by atoms with Crippen molar-refractivity contribution in [1.82, 2.24) is 19.4 Å². The number of nitrogens with zero attached hydrogens (tertiary/aromatic N) is 3. The van der Waals surface area contributed by atoms with E-state index in [1.807, 2.05) is 0 Å². The lowest BCUT2D eigenvalue weighted by atomic mass is 10.00. The topological polar surface area (TPSA) is 84.3 Å². The lowest BCUT2D eigenvalue weighted by Gasteiger charge is -2.37. The van der Waals surface area contributed by atoms with Crippen LogP contribution >= 0.6 is 0 Å². The molecule has 1 aromatic heterocycles. The maximum atomic E-state index is 13.0. The summed E-state index contributed by atoms with van der Waals surface area (Å²) in [7, 11) is -3.21. The van der Waals surface area contributed by atoms with Gasteiger partial charge in [-0.05, 0) is 43.4 Å². The first-order valence-electron chi connectivity index (χ1n) is 9.36. The second kappa shape index (κ2) is 7.29. The van der Waals surface area contributed by atoms with E-state index in [9.17, 15) is 17.6 Å². The maximum Gasteiger partial charge on any atom is 0.241 e. The van der Waals surface area contributed by atoms with Crippen molar-refractivity contribution < 1.29 is 17.6 Å². The molecule has 150 valence electrons. The van der Waals surface area contributed by atoms with E-state index in [1.54, 1.807) is 33.5 Å². The SMILES string of the molecule is CS(=O)(=O)N1[C@H]2CC[C@H]1CC(NC(=O)Cn1cc(-c3ccc(F)cc3)cn1)C2. The van der Waals surface area contributed by atoms with E-state index in [0.29, 0.717) is 12.8 Å². The number of piperidine rings is 1. The number of benzene rings is 1. The van der Waals surface area contributed by atoms with Crippen LogP contribution in [0.15, 0.2) is 36.7 Å². The third kappa shape index (κ3) is 3.95. The minimum atomic E-state index is -3.21. The molecule has 0 saturated carbocycles. The number of nitrogens with one attached hydrogen (secondary N) is 1. The quantitative estimate of drug-likeness (QED) is 0.820. The van der Waals surface area contributed by atoms with Crippen molar-refractivity contribution in [2.45, 2.75) is 50.4 Å². The highest BCUT2D eigenvalue weighted by Crippen LogP contribution is 2.37. The van der Waals surface area contributed by atoms with Crippen LogP contribution in [0.1, 0.15) is 25.7 Å². The third-order valence-corrected chi connectivity index (χ3v) is 6.89. The van der Waals surface area contributed by atoms with Crippen LogP contribution < -0.4 is 5.32 Å². The van der Waals surface area contributed by atoms with Gasteiger partial charge in [0.1, 0.15) is 12.4 Å². The Balaban J connectivity index is 1.35. The van der Waals surface area contributed by atoms with Gasteiger partial charge in [0.2, 0.25) is 15.9 Å². The Hall–Kier alpha value is -2.26. The minimum Gasteiger partial charge on any atom is -0.352 e. The average molecular weight is 406 g/mol. The summed E-state index contributed by atoms with van der Waals surface area (Å²) in [5.74, 6) is -0.447. The van der Waals surface area contributed by atoms with Crippen LogP contribution in [0.3, 0.4) is 0 Å². The van der Waals surface area contributed by atoms with Gasteiger partial charge in [-0.2, -0.15) is 9.40 Å². The molecule has 0 radical (unpaired) electrons. The molecule has 0 aliphatic carbocycles. The second-order valence-electron chi connectivity index (χ2n) is 7.65. The predicted octanol–water partition coefficient (Wildman–Crippen LogP) is 1.76. The number of halogens is 1. The summed E-state index contributed by atoms with van der Waals surface area (Å²) >= 11 is 0. The lowest BCUT2D eigenvalue weighted by Crippen LogP contribution is -2.52. The van der Waals surface area contributed by atoms with Crippen molar-refractivity contribution >= 4 is 15.9 Å². The normalized spacial score (nSPS) is 25.0. The van der Waals surface area contributed by atoms with Crippen LogP contribution in [0, 0.1) is 5.82 Å². The largest absolute Gasteiger partial charge is 0.352 e. The fraction of sp³-hybridized carbons (Fsp3) is 0.474. The monoisotopic (exact) mass is 406 g/mol. The van der Waals surface area contributed by atoms with E-state index >= 15 is 0 Å². The number of rotatable bonds is 5. The summed E-state index contributed by atoms with van der Waals surface area (Å²) in [5, 5.41) is 7.24. The Morgan fingerprint density at radius 3 is 2.43 bits per heavy atom. The predicted molar refractivity (Wildman–Crippen MR) is 102 cm³/mol. The van der Waals surface area contributed by atoms with E-state index in [-0.39, 0.29) is 36.4 Å². The first kappa shape index (κ1) is 19.1. The minimum absolute atomic E-state index is 0.0184. The molecular formula is C19H23FN4O3S. The van der Waals surface area contributed by atoms with Gasteiger partial charge >= 0.3 is 0 Å². The van der Waals surface area contributed by atoms with Gasteiger partial charge in [-0.25, -0.2) is 12.8 Å². The molecule has 2 aromatic rings. The number of carbonyl (C=O) groups is 1. The van der Waals surface area contributed by atoms with Crippen LogP contribution in [0.25, 0.3) is 11.1 Å². The molecule has 4 rings (SSSR count). The fourth-order valence-corrected chi connectivity index (χ4v) is 5.92. The number of hydrogen-bond acceptors (Lipinski definition) is 4. The lowest BCUT2D eigenvalue weighted by molar-refractivity contribution is -0.122. The molecule has 7 nitrogen and oxygen atoms in total. The first-order chi connectivity index (χ1) is 13.3. The summed E-state index contributed by atoms with van der Waals surface area (Å²) in [6, 6.07) is 6.05. The number of amides is 1. The highest BCUT2D eigenvalue weighted by molar-refractivity contribution is 7.88. The van der Waals surface area contributed by atoms with Crippen molar-refractivity contribution in [3.05, 3.63) is 42.5 Å². The number of hydrogen-bond donors (Lipinski definition) is 1. The Bertz CT molecular complexity index is 959. The number of fused-ring (bicyclic) bond motifs is 2. The zero-order valence-electron chi connectivity index (χ0n) is 15.6. The number of aromatic nitrogens is 2. The molecule has 1 amide bonds. The molecule has 3 heterocycles. The molecule has 1 N–H and O–H groups in total. The van der Waals surface area contributed by atoms with Crippen molar-refractivity contribution in [2.75, 3.05) is 6.26 Å². The maximum absolute atomic E-state index is 13.0. The van der Waals surface area contributed by atoms with Crippen LogP contribution in [0.2, 0.25) is 0 Å². The zero-order chi connectivity index (χ0) is 19.9. The Morgan fingerprint density at radius 2 is 1.82 bits per heavy atom. The number of carbonyl (C=O) groups excluding carboxylic acids is 1. The molecule has 28 heavy (non-hydrogen) atoms. The summed E-state index contributed by atoms with van der Waals surface area (Å²) in [6.45, 7) is 0.0861. The molecule has 2 atom stereocenters. The molecule has 2 bridgehead atoms. The van der Waals surface area contributed by atoms with Gasteiger partial charge in [0.25, 0.3) is 0 Å². The first-order valence-corrected chi connectivity index (χ1v) is 11.2. The molecule has 2 aliphatic rings. The summed E-state index contributed by atoms with van der Waals surface area (Å²) in [4.78, 5) is 12.4. The molecule has 9 heteroatoms. The highest BCUT2D eigenvalue weighted by Gasteiger charge is 2.45. The van der Waals surface area contributed by atoms with Crippen molar-refractivity contribution in [3.8, 4) is 11.1 Å². The van der Waals surface area contributed by atoms with E-state index < -0.39 is 10.0 Å². The summed E-state index contributed by atoms with van der Waals surface area (Å²) in [5.41, 5.74) is 1.64. The Labute approximate surface area is 163 Å².